The molecule has 0 aliphatic carbocycles. The van der Waals surface area contributed by atoms with Crippen LogP contribution >= 0.6 is 0 Å². The van der Waals surface area contributed by atoms with Crippen LogP contribution in [0.15, 0.2) is 59.7 Å². The van der Waals surface area contributed by atoms with Gasteiger partial charge in [0.2, 0.25) is 0 Å². The lowest BCUT2D eigenvalue weighted by atomic mass is 10.1. The van der Waals surface area contributed by atoms with Crippen molar-refractivity contribution < 1.29 is 9.53 Å². The number of hydrogen-bond donors (Lipinski definition) is 2. The molecule has 3 aromatic rings. The van der Waals surface area contributed by atoms with Crippen LogP contribution in [0.1, 0.15) is 45.8 Å². The van der Waals surface area contributed by atoms with Gasteiger partial charge >= 0.3 is 0 Å². The summed E-state index contributed by atoms with van der Waals surface area (Å²) in [6.07, 6.45) is 3.18. The Hall–Kier alpha value is -3.41. The zero-order chi connectivity index (χ0) is 20.1. The Morgan fingerprint density at radius 2 is 1.96 bits per heavy atom. The first kappa shape index (κ1) is 19.4. The van der Waals surface area contributed by atoms with Crippen molar-refractivity contribution in [2.24, 2.45) is 0 Å². The molecule has 0 aliphatic heterocycles. The standard InChI is InChI=1S/C22H23N3O3/c1-14-11-15(2)25-22(27)20(14)13-24-21(26)18-8-6-17(7-9-18)16(3)28-19-5-4-10-23-12-19/h4-12,16H,13H2,1-3H3,(H,24,26)(H,25,27). The SMILES string of the molecule is Cc1cc(C)c(CNC(=O)c2ccc(C(C)Oc3cccnc3)cc2)c(=O)[nH]1. The second-order valence-electron chi connectivity index (χ2n) is 6.70. The largest absolute Gasteiger partial charge is 0.484 e. The van der Waals surface area contributed by atoms with E-state index >= 15 is 0 Å². The average molecular weight is 377 g/mol. The van der Waals surface area contributed by atoms with Crippen LogP contribution in [0.2, 0.25) is 0 Å². The first-order valence-electron chi connectivity index (χ1n) is 9.08. The number of rotatable bonds is 6. The summed E-state index contributed by atoms with van der Waals surface area (Å²) in [5.74, 6) is 0.460. The van der Waals surface area contributed by atoms with E-state index in [0.717, 1.165) is 16.8 Å². The molecule has 1 atom stereocenters. The third-order valence-corrected chi connectivity index (χ3v) is 4.51. The first-order chi connectivity index (χ1) is 13.4. The predicted octanol–water partition coefficient (Wildman–Crippen LogP) is 3.46. The lowest BCUT2D eigenvalue weighted by Gasteiger charge is -2.15. The predicted molar refractivity (Wildman–Crippen MR) is 107 cm³/mol. The van der Waals surface area contributed by atoms with Gasteiger partial charge in [0.1, 0.15) is 11.9 Å². The summed E-state index contributed by atoms with van der Waals surface area (Å²) >= 11 is 0. The average Bonchev–Trinajstić information content (AvgIpc) is 2.68. The fraction of sp³-hybridized carbons (Fsp3) is 0.227. The Labute approximate surface area is 163 Å². The molecule has 2 heterocycles. The van der Waals surface area contributed by atoms with Crippen molar-refractivity contribution in [2.75, 3.05) is 0 Å². The number of carbonyl (C=O) groups is 1. The monoisotopic (exact) mass is 377 g/mol. The quantitative estimate of drug-likeness (QED) is 0.689. The molecule has 144 valence electrons. The van der Waals surface area contributed by atoms with E-state index in [1.54, 1.807) is 24.5 Å². The van der Waals surface area contributed by atoms with Crippen LogP contribution in [0, 0.1) is 13.8 Å². The molecule has 0 saturated heterocycles. The van der Waals surface area contributed by atoms with Gasteiger partial charge in [-0.25, -0.2) is 0 Å². The van der Waals surface area contributed by atoms with Gasteiger partial charge in [0.05, 0.1) is 6.20 Å². The number of aromatic nitrogens is 2. The van der Waals surface area contributed by atoms with Crippen molar-refractivity contribution in [3.63, 3.8) is 0 Å². The summed E-state index contributed by atoms with van der Waals surface area (Å²) in [7, 11) is 0. The zero-order valence-corrected chi connectivity index (χ0v) is 16.2. The molecule has 6 heteroatoms. The van der Waals surface area contributed by atoms with E-state index in [2.05, 4.69) is 15.3 Å². The summed E-state index contributed by atoms with van der Waals surface area (Å²) in [4.78, 5) is 31.3. The fourth-order valence-corrected chi connectivity index (χ4v) is 2.97. The number of nitrogens with one attached hydrogen (secondary N) is 2. The molecule has 1 amide bonds. The molecule has 0 fully saturated rings. The van der Waals surface area contributed by atoms with E-state index in [1.165, 1.54) is 0 Å². The molecule has 0 bridgehead atoms. The summed E-state index contributed by atoms with van der Waals surface area (Å²) in [5.41, 5.74) is 3.53. The summed E-state index contributed by atoms with van der Waals surface area (Å²) in [6, 6.07) is 12.8. The van der Waals surface area contributed by atoms with Crippen LogP contribution in [-0.2, 0) is 6.54 Å². The Morgan fingerprint density at radius 1 is 1.21 bits per heavy atom. The smallest absolute Gasteiger partial charge is 0.253 e. The summed E-state index contributed by atoms with van der Waals surface area (Å²) in [6.45, 7) is 5.82. The lowest BCUT2D eigenvalue weighted by molar-refractivity contribution is 0.0950. The van der Waals surface area contributed by atoms with E-state index in [1.807, 2.05) is 51.1 Å². The highest BCUT2D eigenvalue weighted by Gasteiger charge is 2.12. The van der Waals surface area contributed by atoms with Crippen molar-refractivity contribution in [1.82, 2.24) is 15.3 Å². The molecular formula is C22H23N3O3. The van der Waals surface area contributed by atoms with Crippen LogP contribution in [-0.4, -0.2) is 15.9 Å². The van der Waals surface area contributed by atoms with Gasteiger partial charge in [-0.2, -0.15) is 0 Å². The van der Waals surface area contributed by atoms with E-state index in [4.69, 9.17) is 4.74 Å². The fourth-order valence-electron chi connectivity index (χ4n) is 2.97. The molecule has 0 spiro atoms. The molecule has 0 saturated carbocycles. The molecule has 1 aromatic carbocycles. The van der Waals surface area contributed by atoms with Crippen LogP contribution in [0.5, 0.6) is 5.75 Å². The minimum Gasteiger partial charge on any atom is -0.484 e. The molecule has 3 rings (SSSR count). The van der Waals surface area contributed by atoms with Gasteiger partial charge in [0.15, 0.2) is 0 Å². The second kappa shape index (κ2) is 8.52. The van der Waals surface area contributed by atoms with Gasteiger partial charge in [0.25, 0.3) is 11.5 Å². The maximum absolute atomic E-state index is 12.4. The first-order valence-corrected chi connectivity index (χ1v) is 9.08. The number of ether oxygens (including phenoxy) is 1. The minimum absolute atomic E-state index is 0.171. The molecule has 2 aromatic heterocycles. The number of benzene rings is 1. The highest BCUT2D eigenvalue weighted by molar-refractivity contribution is 5.94. The molecule has 1 unspecified atom stereocenters. The third-order valence-electron chi connectivity index (χ3n) is 4.51. The van der Waals surface area contributed by atoms with E-state index < -0.39 is 0 Å². The number of carbonyl (C=O) groups excluding carboxylic acids is 1. The second-order valence-corrected chi connectivity index (χ2v) is 6.70. The lowest BCUT2D eigenvalue weighted by Crippen LogP contribution is -2.27. The van der Waals surface area contributed by atoms with Crippen LogP contribution in [0.4, 0.5) is 0 Å². The van der Waals surface area contributed by atoms with Gasteiger partial charge in [-0.15, -0.1) is 0 Å². The summed E-state index contributed by atoms with van der Waals surface area (Å²) < 4.78 is 5.84. The number of amides is 1. The molecule has 6 nitrogen and oxygen atoms in total. The van der Waals surface area contributed by atoms with Gasteiger partial charge in [0, 0.05) is 29.6 Å². The van der Waals surface area contributed by atoms with Crippen LogP contribution in [0.25, 0.3) is 0 Å². The summed E-state index contributed by atoms with van der Waals surface area (Å²) in [5, 5.41) is 2.81. The van der Waals surface area contributed by atoms with E-state index in [-0.39, 0.29) is 24.1 Å². The maximum atomic E-state index is 12.4. The Bertz CT molecular complexity index is 1010. The number of H-pyrrole nitrogens is 1. The van der Waals surface area contributed by atoms with Gasteiger partial charge in [-0.3, -0.25) is 14.6 Å². The Balaban J connectivity index is 1.63. The van der Waals surface area contributed by atoms with Crippen LogP contribution in [0.3, 0.4) is 0 Å². The number of aryl methyl sites for hydroxylation is 2. The highest BCUT2D eigenvalue weighted by atomic mass is 16.5. The molecule has 28 heavy (non-hydrogen) atoms. The highest BCUT2D eigenvalue weighted by Crippen LogP contribution is 2.21. The Morgan fingerprint density at radius 3 is 2.61 bits per heavy atom. The van der Waals surface area contributed by atoms with Crippen molar-refractivity contribution in [3.05, 3.63) is 93.2 Å². The van der Waals surface area contributed by atoms with E-state index in [0.29, 0.717) is 16.9 Å². The van der Waals surface area contributed by atoms with Gasteiger partial charge in [-0.1, -0.05) is 12.1 Å². The van der Waals surface area contributed by atoms with Gasteiger partial charge < -0.3 is 15.0 Å². The van der Waals surface area contributed by atoms with Crippen molar-refractivity contribution >= 4 is 5.91 Å². The normalized spacial score (nSPS) is 11.7. The van der Waals surface area contributed by atoms with Crippen molar-refractivity contribution in [3.8, 4) is 5.75 Å². The number of hydrogen-bond acceptors (Lipinski definition) is 4. The van der Waals surface area contributed by atoms with E-state index in [9.17, 15) is 9.59 Å². The third kappa shape index (κ3) is 4.65. The molecule has 0 radical (unpaired) electrons. The molecular weight excluding hydrogens is 354 g/mol. The number of nitrogens with zero attached hydrogens (tertiary/aromatic N) is 1. The Kier molecular flexibility index (Phi) is 5.89. The maximum Gasteiger partial charge on any atom is 0.253 e. The molecule has 2 N–H and O–H groups in total. The van der Waals surface area contributed by atoms with Crippen molar-refractivity contribution in [2.45, 2.75) is 33.4 Å². The minimum atomic E-state index is -0.230. The van der Waals surface area contributed by atoms with Crippen molar-refractivity contribution in [1.29, 1.82) is 0 Å². The number of pyridine rings is 2. The van der Waals surface area contributed by atoms with Crippen LogP contribution < -0.4 is 15.6 Å². The zero-order valence-electron chi connectivity index (χ0n) is 16.2. The topological polar surface area (TPSA) is 84.1 Å². The molecule has 0 aliphatic rings. The van der Waals surface area contributed by atoms with Gasteiger partial charge in [-0.05, 0) is 62.2 Å². The number of aromatic amines is 1.